The molecule has 1 atom stereocenters. The van der Waals surface area contributed by atoms with Crippen LogP contribution in [0.2, 0.25) is 0 Å². The minimum Gasteiger partial charge on any atom is -0.306 e. The zero-order valence-corrected chi connectivity index (χ0v) is 12.5. The van der Waals surface area contributed by atoms with Crippen molar-refractivity contribution in [1.82, 2.24) is 15.5 Å². The van der Waals surface area contributed by atoms with Crippen molar-refractivity contribution in [3.8, 4) is 0 Å². The highest BCUT2D eigenvalue weighted by Crippen LogP contribution is 2.23. The van der Waals surface area contributed by atoms with Crippen LogP contribution in [0.4, 0.5) is 0 Å². The second kappa shape index (κ2) is 5.67. The SMILES string of the molecule is Cc1n[nH]c(C)c1CN[C@H](C)c1ccccc1Br. The number of nitrogens with zero attached hydrogens (tertiary/aromatic N) is 1. The molecule has 0 unspecified atom stereocenters. The van der Waals surface area contributed by atoms with Crippen LogP contribution in [0.1, 0.15) is 35.5 Å². The molecule has 1 aromatic heterocycles. The maximum absolute atomic E-state index is 4.21. The Labute approximate surface area is 116 Å². The average molecular weight is 308 g/mol. The lowest BCUT2D eigenvalue weighted by atomic mass is 10.1. The molecule has 0 amide bonds. The van der Waals surface area contributed by atoms with E-state index >= 15 is 0 Å². The summed E-state index contributed by atoms with van der Waals surface area (Å²) in [6.07, 6.45) is 0. The van der Waals surface area contributed by atoms with Crippen LogP contribution >= 0.6 is 15.9 Å². The number of rotatable bonds is 4. The van der Waals surface area contributed by atoms with Crippen molar-refractivity contribution in [2.24, 2.45) is 0 Å². The molecule has 0 fully saturated rings. The van der Waals surface area contributed by atoms with Gasteiger partial charge in [-0.3, -0.25) is 5.10 Å². The van der Waals surface area contributed by atoms with E-state index in [0.29, 0.717) is 6.04 Å². The zero-order chi connectivity index (χ0) is 13.1. The summed E-state index contributed by atoms with van der Waals surface area (Å²) >= 11 is 3.59. The summed E-state index contributed by atoms with van der Waals surface area (Å²) in [5, 5.41) is 10.8. The number of nitrogens with one attached hydrogen (secondary N) is 2. The van der Waals surface area contributed by atoms with Crippen LogP contribution in [-0.4, -0.2) is 10.2 Å². The second-order valence-electron chi connectivity index (χ2n) is 4.54. The second-order valence-corrected chi connectivity index (χ2v) is 5.39. The van der Waals surface area contributed by atoms with E-state index in [0.717, 1.165) is 22.4 Å². The topological polar surface area (TPSA) is 40.7 Å². The molecule has 0 saturated heterocycles. The summed E-state index contributed by atoms with van der Waals surface area (Å²) in [5.74, 6) is 0. The Morgan fingerprint density at radius 2 is 2.06 bits per heavy atom. The molecule has 2 rings (SSSR count). The Morgan fingerprint density at radius 1 is 1.33 bits per heavy atom. The van der Waals surface area contributed by atoms with Crippen LogP contribution in [0.15, 0.2) is 28.7 Å². The number of hydrogen-bond acceptors (Lipinski definition) is 2. The highest BCUT2D eigenvalue weighted by Gasteiger charge is 2.11. The van der Waals surface area contributed by atoms with Crippen LogP contribution in [0.25, 0.3) is 0 Å². The zero-order valence-electron chi connectivity index (χ0n) is 10.9. The number of aromatic amines is 1. The smallest absolute Gasteiger partial charge is 0.0638 e. The van der Waals surface area contributed by atoms with Crippen LogP contribution in [0, 0.1) is 13.8 Å². The molecule has 3 nitrogen and oxygen atoms in total. The number of halogens is 1. The maximum atomic E-state index is 4.21. The molecular formula is C14H18BrN3. The highest BCUT2D eigenvalue weighted by molar-refractivity contribution is 9.10. The van der Waals surface area contributed by atoms with E-state index in [1.165, 1.54) is 11.1 Å². The Bertz CT molecular complexity index is 514. The minimum absolute atomic E-state index is 0.300. The van der Waals surface area contributed by atoms with Gasteiger partial charge in [0, 0.05) is 28.3 Å². The Kier molecular flexibility index (Phi) is 4.19. The van der Waals surface area contributed by atoms with E-state index in [1.54, 1.807) is 0 Å². The fourth-order valence-electron chi connectivity index (χ4n) is 2.03. The molecule has 0 saturated carbocycles. The lowest BCUT2D eigenvalue weighted by Crippen LogP contribution is -2.19. The molecule has 0 aliphatic heterocycles. The van der Waals surface area contributed by atoms with E-state index in [2.05, 4.69) is 63.5 Å². The number of benzene rings is 1. The molecule has 0 aliphatic carbocycles. The van der Waals surface area contributed by atoms with Gasteiger partial charge in [-0.1, -0.05) is 34.1 Å². The number of aryl methyl sites for hydroxylation is 2. The molecule has 1 aromatic carbocycles. The first-order chi connectivity index (χ1) is 8.59. The molecule has 2 N–H and O–H groups in total. The molecular weight excluding hydrogens is 290 g/mol. The predicted molar refractivity (Wildman–Crippen MR) is 77.5 cm³/mol. The summed E-state index contributed by atoms with van der Waals surface area (Å²) in [5.41, 5.74) is 4.74. The molecule has 96 valence electrons. The fraction of sp³-hybridized carbons (Fsp3) is 0.357. The molecule has 18 heavy (non-hydrogen) atoms. The molecule has 0 bridgehead atoms. The predicted octanol–water partition coefficient (Wildman–Crippen LogP) is 3.64. The van der Waals surface area contributed by atoms with Crippen molar-refractivity contribution < 1.29 is 0 Å². The monoisotopic (exact) mass is 307 g/mol. The molecule has 1 heterocycles. The summed E-state index contributed by atoms with van der Waals surface area (Å²) in [4.78, 5) is 0. The normalized spacial score (nSPS) is 12.7. The van der Waals surface area contributed by atoms with Gasteiger partial charge >= 0.3 is 0 Å². The first-order valence-corrected chi connectivity index (χ1v) is 6.87. The number of hydrogen-bond donors (Lipinski definition) is 2. The van der Waals surface area contributed by atoms with Crippen molar-refractivity contribution in [1.29, 1.82) is 0 Å². The summed E-state index contributed by atoms with van der Waals surface area (Å²) in [6, 6.07) is 8.60. The third kappa shape index (κ3) is 2.82. The van der Waals surface area contributed by atoms with Gasteiger partial charge in [0.1, 0.15) is 0 Å². The van der Waals surface area contributed by atoms with E-state index in [9.17, 15) is 0 Å². The van der Waals surface area contributed by atoms with E-state index in [4.69, 9.17) is 0 Å². The Balaban J connectivity index is 2.05. The number of aromatic nitrogens is 2. The lowest BCUT2D eigenvalue weighted by Gasteiger charge is -2.16. The van der Waals surface area contributed by atoms with E-state index in [-0.39, 0.29) is 0 Å². The van der Waals surface area contributed by atoms with Gasteiger partial charge in [0.15, 0.2) is 0 Å². The van der Waals surface area contributed by atoms with Crippen LogP contribution in [0.3, 0.4) is 0 Å². The van der Waals surface area contributed by atoms with Gasteiger partial charge in [0.05, 0.1) is 5.69 Å². The third-order valence-corrected chi connectivity index (χ3v) is 3.96. The Hall–Kier alpha value is -1.13. The quantitative estimate of drug-likeness (QED) is 0.905. The molecule has 0 spiro atoms. The van der Waals surface area contributed by atoms with Crippen molar-refractivity contribution in [2.75, 3.05) is 0 Å². The van der Waals surface area contributed by atoms with Gasteiger partial charge in [-0.2, -0.15) is 5.10 Å². The van der Waals surface area contributed by atoms with Crippen molar-refractivity contribution >= 4 is 15.9 Å². The average Bonchev–Trinajstić information content (AvgIpc) is 2.67. The highest BCUT2D eigenvalue weighted by atomic mass is 79.9. The summed E-state index contributed by atoms with van der Waals surface area (Å²) in [6.45, 7) is 7.09. The molecule has 0 radical (unpaired) electrons. The van der Waals surface area contributed by atoms with E-state index < -0.39 is 0 Å². The van der Waals surface area contributed by atoms with Gasteiger partial charge < -0.3 is 5.32 Å². The fourth-order valence-corrected chi connectivity index (χ4v) is 2.65. The first kappa shape index (κ1) is 13.3. The van der Waals surface area contributed by atoms with Gasteiger partial charge in [0.25, 0.3) is 0 Å². The van der Waals surface area contributed by atoms with Gasteiger partial charge in [-0.15, -0.1) is 0 Å². The van der Waals surface area contributed by atoms with Crippen LogP contribution in [-0.2, 0) is 6.54 Å². The number of H-pyrrole nitrogens is 1. The third-order valence-electron chi connectivity index (χ3n) is 3.24. The standard InChI is InChI=1S/C14H18BrN3/c1-9(12-6-4-5-7-14(12)15)16-8-13-10(2)17-18-11(13)3/h4-7,9,16H,8H2,1-3H3,(H,17,18)/t9-/m1/s1. The minimum atomic E-state index is 0.300. The van der Waals surface area contributed by atoms with Crippen molar-refractivity contribution in [2.45, 2.75) is 33.4 Å². The van der Waals surface area contributed by atoms with Crippen LogP contribution in [0.5, 0.6) is 0 Å². The summed E-state index contributed by atoms with van der Waals surface area (Å²) < 4.78 is 1.14. The molecule has 4 heteroatoms. The van der Waals surface area contributed by atoms with E-state index in [1.807, 2.05) is 13.0 Å². The molecule has 0 aliphatic rings. The summed E-state index contributed by atoms with van der Waals surface area (Å²) in [7, 11) is 0. The lowest BCUT2D eigenvalue weighted by molar-refractivity contribution is 0.570. The maximum Gasteiger partial charge on any atom is 0.0638 e. The van der Waals surface area contributed by atoms with Gasteiger partial charge in [0.2, 0.25) is 0 Å². The largest absolute Gasteiger partial charge is 0.306 e. The van der Waals surface area contributed by atoms with Gasteiger partial charge in [-0.05, 0) is 32.4 Å². The van der Waals surface area contributed by atoms with Crippen molar-refractivity contribution in [3.63, 3.8) is 0 Å². The Morgan fingerprint density at radius 3 is 2.67 bits per heavy atom. The van der Waals surface area contributed by atoms with Crippen molar-refractivity contribution in [3.05, 3.63) is 51.3 Å². The van der Waals surface area contributed by atoms with Gasteiger partial charge in [-0.25, -0.2) is 0 Å². The first-order valence-electron chi connectivity index (χ1n) is 6.08. The molecule has 2 aromatic rings. The van der Waals surface area contributed by atoms with Crippen LogP contribution < -0.4 is 5.32 Å².